The molecule has 3 rings (SSSR count). The molecule has 0 saturated carbocycles. The minimum absolute atomic E-state index is 0.0394. The molecule has 1 heterocycles. The van der Waals surface area contributed by atoms with Crippen molar-refractivity contribution in [2.75, 3.05) is 25.3 Å². The number of carbonyl (C=O) groups excluding carboxylic acids is 1. The average Bonchev–Trinajstić information content (AvgIpc) is 3.27. The molecule has 176 valence electrons. The highest BCUT2D eigenvalue weighted by molar-refractivity contribution is 7.86. The number of anilines is 1. The molecule has 3 aromatic rings. The smallest absolute Gasteiger partial charge is 0.322 e. The zero-order valence-corrected chi connectivity index (χ0v) is 19.4. The van der Waals surface area contributed by atoms with E-state index >= 15 is 0 Å². The zero-order chi connectivity index (χ0) is 23.8. The number of ether oxygens (including phenoxy) is 2. The first-order chi connectivity index (χ1) is 15.8. The third-order valence-corrected chi connectivity index (χ3v) is 4.97. The minimum Gasteiger partial charge on any atom is -0.493 e. The lowest BCUT2D eigenvalue weighted by molar-refractivity contribution is 0.201. The van der Waals surface area contributed by atoms with Crippen molar-refractivity contribution in [3.05, 3.63) is 72.2 Å². The van der Waals surface area contributed by atoms with Gasteiger partial charge in [0.2, 0.25) is 0 Å². The number of furan rings is 1. The topological polar surface area (TPSA) is 107 Å². The summed E-state index contributed by atoms with van der Waals surface area (Å²) in [5.41, 5.74) is 1.17. The average molecular weight is 475 g/mol. The number of rotatable bonds is 10. The molecule has 0 spiro atoms. The summed E-state index contributed by atoms with van der Waals surface area (Å²) in [5.74, 6) is 1.44. The molecule has 1 N–H and O–H groups in total. The standard InChI is InChI=1S/C23H26N2O7S/c1-4-30-20-10-6-5-9-19(20)24-23(26)25(16-18-8-7-13-31-18)15-17-11-12-21(29-2)22(14-17)32-33(3,27)28/h5-14H,4,15-16H2,1-3H3,(H,24,26). The highest BCUT2D eigenvalue weighted by Gasteiger charge is 2.19. The molecule has 2 amide bonds. The predicted octanol–water partition coefficient (Wildman–Crippen LogP) is 4.26. The van der Waals surface area contributed by atoms with Crippen molar-refractivity contribution in [3.8, 4) is 17.2 Å². The van der Waals surface area contributed by atoms with Crippen LogP contribution in [0.2, 0.25) is 0 Å². The minimum atomic E-state index is -3.77. The van der Waals surface area contributed by atoms with Gasteiger partial charge < -0.3 is 28.3 Å². The first-order valence-electron chi connectivity index (χ1n) is 10.2. The maximum Gasteiger partial charge on any atom is 0.322 e. The Balaban J connectivity index is 1.87. The fourth-order valence-corrected chi connectivity index (χ4v) is 3.56. The van der Waals surface area contributed by atoms with E-state index in [9.17, 15) is 13.2 Å². The van der Waals surface area contributed by atoms with Crippen LogP contribution in [-0.2, 0) is 23.2 Å². The number of urea groups is 1. The maximum absolute atomic E-state index is 13.2. The van der Waals surface area contributed by atoms with Gasteiger partial charge in [0.25, 0.3) is 0 Å². The van der Waals surface area contributed by atoms with Crippen LogP contribution in [0.3, 0.4) is 0 Å². The number of hydrogen-bond acceptors (Lipinski definition) is 7. The van der Waals surface area contributed by atoms with Crippen molar-refractivity contribution in [1.82, 2.24) is 4.90 Å². The number of carbonyl (C=O) groups is 1. The van der Waals surface area contributed by atoms with Crippen LogP contribution in [0.25, 0.3) is 0 Å². The number of nitrogens with zero attached hydrogens (tertiary/aromatic N) is 1. The molecule has 0 aliphatic heterocycles. The summed E-state index contributed by atoms with van der Waals surface area (Å²) in [6.07, 6.45) is 2.48. The van der Waals surface area contributed by atoms with E-state index in [4.69, 9.17) is 18.1 Å². The highest BCUT2D eigenvalue weighted by Crippen LogP contribution is 2.30. The molecule has 9 nitrogen and oxygen atoms in total. The lowest BCUT2D eigenvalue weighted by atomic mass is 10.2. The van der Waals surface area contributed by atoms with Gasteiger partial charge >= 0.3 is 16.1 Å². The molecule has 10 heteroatoms. The summed E-state index contributed by atoms with van der Waals surface area (Å²) in [6.45, 7) is 2.65. The molecule has 0 atom stereocenters. The van der Waals surface area contributed by atoms with E-state index < -0.39 is 10.1 Å². The molecule has 0 radical (unpaired) electrons. The van der Waals surface area contributed by atoms with Crippen molar-refractivity contribution in [3.63, 3.8) is 0 Å². The van der Waals surface area contributed by atoms with Gasteiger partial charge in [0.1, 0.15) is 11.5 Å². The van der Waals surface area contributed by atoms with Crippen LogP contribution >= 0.6 is 0 Å². The van der Waals surface area contributed by atoms with E-state index in [1.165, 1.54) is 24.3 Å². The molecular formula is C23H26N2O7S. The van der Waals surface area contributed by atoms with Gasteiger partial charge in [0, 0.05) is 6.54 Å². The normalized spacial score (nSPS) is 11.0. The number of para-hydroxylation sites is 2. The second-order valence-electron chi connectivity index (χ2n) is 7.07. The number of nitrogens with one attached hydrogen (secondary N) is 1. The van der Waals surface area contributed by atoms with Crippen molar-refractivity contribution in [1.29, 1.82) is 0 Å². The van der Waals surface area contributed by atoms with Crippen LogP contribution in [0.4, 0.5) is 10.5 Å². The molecule has 0 aliphatic rings. The van der Waals surface area contributed by atoms with Gasteiger partial charge in [-0.1, -0.05) is 18.2 Å². The molecule has 1 aromatic heterocycles. The predicted molar refractivity (Wildman–Crippen MR) is 123 cm³/mol. The number of methoxy groups -OCH3 is 1. The van der Waals surface area contributed by atoms with Gasteiger partial charge in [-0.05, 0) is 48.9 Å². The lowest BCUT2D eigenvalue weighted by Gasteiger charge is -2.23. The fourth-order valence-electron chi connectivity index (χ4n) is 3.10. The van der Waals surface area contributed by atoms with Crippen LogP contribution in [0.1, 0.15) is 18.2 Å². The van der Waals surface area contributed by atoms with E-state index in [1.807, 2.05) is 13.0 Å². The molecular weight excluding hydrogens is 448 g/mol. The summed E-state index contributed by atoms with van der Waals surface area (Å²) >= 11 is 0. The maximum atomic E-state index is 13.2. The van der Waals surface area contributed by atoms with Gasteiger partial charge in [0.15, 0.2) is 11.5 Å². The largest absolute Gasteiger partial charge is 0.493 e. The number of amides is 2. The van der Waals surface area contributed by atoms with E-state index in [0.717, 1.165) is 6.26 Å². The molecule has 0 bridgehead atoms. The van der Waals surface area contributed by atoms with Crippen LogP contribution in [-0.4, -0.2) is 39.3 Å². The van der Waals surface area contributed by atoms with Gasteiger partial charge in [-0.2, -0.15) is 8.42 Å². The molecule has 33 heavy (non-hydrogen) atoms. The van der Waals surface area contributed by atoms with Gasteiger partial charge in [-0.25, -0.2) is 4.79 Å². The Kier molecular flexibility index (Phi) is 7.83. The highest BCUT2D eigenvalue weighted by atomic mass is 32.2. The second-order valence-corrected chi connectivity index (χ2v) is 8.64. The quantitative estimate of drug-likeness (QED) is 0.438. The van der Waals surface area contributed by atoms with E-state index in [-0.39, 0.29) is 30.6 Å². The Bertz CT molecular complexity index is 1180. The van der Waals surface area contributed by atoms with Crippen LogP contribution in [0.15, 0.2) is 65.3 Å². The fraction of sp³-hybridized carbons (Fsp3) is 0.261. The summed E-state index contributed by atoms with van der Waals surface area (Å²) < 4.78 is 44.5. The van der Waals surface area contributed by atoms with Gasteiger partial charge in [0.05, 0.1) is 38.5 Å². The summed E-state index contributed by atoms with van der Waals surface area (Å²) in [6, 6.07) is 15.1. The van der Waals surface area contributed by atoms with E-state index in [2.05, 4.69) is 5.32 Å². The molecule has 2 aromatic carbocycles. The van der Waals surface area contributed by atoms with Crippen LogP contribution < -0.4 is 19.0 Å². The SMILES string of the molecule is CCOc1ccccc1NC(=O)N(Cc1ccc(OC)c(OS(C)(=O)=O)c1)Cc1ccco1. The summed E-state index contributed by atoms with van der Waals surface area (Å²) in [7, 11) is -2.35. The Hall–Kier alpha value is -3.66. The van der Waals surface area contributed by atoms with Crippen molar-refractivity contribution in [2.45, 2.75) is 20.0 Å². The lowest BCUT2D eigenvalue weighted by Crippen LogP contribution is -2.34. The third-order valence-electron chi connectivity index (χ3n) is 4.49. The van der Waals surface area contributed by atoms with Crippen molar-refractivity contribution >= 4 is 21.8 Å². The summed E-state index contributed by atoms with van der Waals surface area (Å²) in [4.78, 5) is 14.7. The van der Waals surface area contributed by atoms with E-state index in [0.29, 0.717) is 29.4 Å². The van der Waals surface area contributed by atoms with Crippen molar-refractivity contribution < 1.29 is 31.3 Å². The first kappa shape index (κ1) is 24.0. The Morgan fingerprint density at radius 1 is 1.03 bits per heavy atom. The third kappa shape index (κ3) is 6.91. The van der Waals surface area contributed by atoms with Crippen LogP contribution in [0, 0.1) is 0 Å². The Labute approximate surface area is 193 Å². The summed E-state index contributed by atoms with van der Waals surface area (Å²) in [5, 5.41) is 2.87. The van der Waals surface area contributed by atoms with Gasteiger partial charge in [-0.15, -0.1) is 0 Å². The molecule has 0 fully saturated rings. The molecule has 0 saturated heterocycles. The van der Waals surface area contributed by atoms with Crippen LogP contribution in [0.5, 0.6) is 17.2 Å². The molecule has 0 unspecified atom stereocenters. The van der Waals surface area contributed by atoms with Crippen molar-refractivity contribution in [2.24, 2.45) is 0 Å². The van der Waals surface area contributed by atoms with E-state index in [1.54, 1.807) is 42.5 Å². The number of benzene rings is 2. The Morgan fingerprint density at radius 3 is 2.48 bits per heavy atom. The monoisotopic (exact) mass is 474 g/mol. The zero-order valence-electron chi connectivity index (χ0n) is 18.6. The van der Waals surface area contributed by atoms with Gasteiger partial charge in [-0.3, -0.25) is 0 Å². The second kappa shape index (κ2) is 10.8. The number of hydrogen-bond donors (Lipinski definition) is 1. The first-order valence-corrected chi connectivity index (χ1v) is 12.0. The Morgan fingerprint density at radius 2 is 1.82 bits per heavy atom. The molecule has 0 aliphatic carbocycles.